The van der Waals surface area contributed by atoms with Gasteiger partial charge in [-0.3, -0.25) is 0 Å². The molecule has 0 amide bonds. The first-order valence-corrected chi connectivity index (χ1v) is 8.74. The Labute approximate surface area is 126 Å². The van der Waals surface area contributed by atoms with Gasteiger partial charge in [0.15, 0.2) is 0 Å². The molecule has 0 aliphatic heterocycles. The van der Waals surface area contributed by atoms with E-state index < -0.39 is 10.0 Å². The van der Waals surface area contributed by atoms with Gasteiger partial charge in [-0.15, -0.1) is 0 Å². The number of primary sulfonamides is 1. The molecule has 0 atom stereocenters. The molecule has 2 rings (SSSR count). The van der Waals surface area contributed by atoms with E-state index in [0.717, 1.165) is 17.5 Å². The molecule has 2 aromatic rings. The van der Waals surface area contributed by atoms with Crippen LogP contribution in [0.1, 0.15) is 36.5 Å². The predicted molar refractivity (Wildman–Crippen MR) is 85.7 cm³/mol. The van der Waals surface area contributed by atoms with E-state index in [1.807, 2.05) is 12.1 Å². The van der Waals surface area contributed by atoms with Crippen LogP contribution in [0.5, 0.6) is 0 Å². The van der Waals surface area contributed by atoms with Crippen molar-refractivity contribution in [3.05, 3.63) is 65.2 Å². The van der Waals surface area contributed by atoms with E-state index in [0.29, 0.717) is 6.42 Å². The Kier molecular flexibility index (Phi) is 5.15. The Balaban J connectivity index is 2.19. The van der Waals surface area contributed by atoms with Crippen LogP contribution in [0.25, 0.3) is 0 Å². The normalized spacial score (nSPS) is 11.5. The summed E-state index contributed by atoms with van der Waals surface area (Å²) in [5.41, 5.74) is 3.15. The summed E-state index contributed by atoms with van der Waals surface area (Å²) in [4.78, 5) is 0.208. The van der Waals surface area contributed by atoms with Gasteiger partial charge in [0.05, 0.1) is 4.90 Å². The van der Waals surface area contributed by atoms with E-state index in [1.54, 1.807) is 12.1 Å². The molecule has 0 bridgehead atoms. The zero-order chi connectivity index (χ0) is 15.3. The summed E-state index contributed by atoms with van der Waals surface area (Å²) in [5.74, 6) is 0. The van der Waals surface area contributed by atoms with Crippen LogP contribution in [0.4, 0.5) is 0 Å². The highest BCUT2D eigenvalue weighted by Gasteiger charge is 2.13. The highest BCUT2D eigenvalue weighted by molar-refractivity contribution is 7.89. The van der Waals surface area contributed by atoms with Gasteiger partial charge >= 0.3 is 0 Å². The minimum atomic E-state index is -3.67. The van der Waals surface area contributed by atoms with E-state index in [-0.39, 0.29) is 4.90 Å². The van der Waals surface area contributed by atoms with Crippen molar-refractivity contribution in [2.24, 2.45) is 5.14 Å². The standard InChI is InChI=1S/C17H21NO2S/c1-2-3-6-14-9-11-15(12-10-14)13-16-7-4-5-8-17(16)21(18,19)20/h4-5,7-12H,2-3,6,13H2,1H3,(H2,18,19,20). The lowest BCUT2D eigenvalue weighted by Crippen LogP contribution is -2.14. The predicted octanol–water partition coefficient (Wildman–Crippen LogP) is 3.27. The molecule has 0 saturated heterocycles. The minimum absolute atomic E-state index is 0.208. The fraction of sp³-hybridized carbons (Fsp3) is 0.294. The number of unbranched alkanes of at least 4 members (excludes halogenated alkanes) is 1. The summed E-state index contributed by atoms with van der Waals surface area (Å²) < 4.78 is 23.2. The van der Waals surface area contributed by atoms with E-state index in [1.165, 1.54) is 18.4 Å². The maximum Gasteiger partial charge on any atom is 0.238 e. The van der Waals surface area contributed by atoms with Crippen LogP contribution in [0, 0.1) is 0 Å². The molecule has 0 radical (unpaired) electrons. The molecule has 2 N–H and O–H groups in total. The van der Waals surface area contributed by atoms with Crippen LogP contribution < -0.4 is 5.14 Å². The van der Waals surface area contributed by atoms with Crippen molar-refractivity contribution in [3.8, 4) is 0 Å². The smallest absolute Gasteiger partial charge is 0.225 e. The monoisotopic (exact) mass is 303 g/mol. The van der Waals surface area contributed by atoms with Crippen molar-refractivity contribution < 1.29 is 8.42 Å². The molecular weight excluding hydrogens is 282 g/mol. The van der Waals surface area contributed by atoms with Crippen LogP contribution in [-0.2, 0) is 22.9 Å². The molecule has 0 aromatic heterocycles. The molecule has 0 spiro atoms. The zero-order valence-corrected chi connectivity index (χ0v) is 13.1. The van der Waals surface area contributed by atoms with E-state index in [4.69, 9.17) is 5.14 Å². The maximum absolute atomic E-state index is 11.6. The van der Waals surface area contributed by atoms with Gasteiger partial charge < -0.3 is 0 Å². The summed E-state index contributed by atoms with van der Waals surface area (Å²) in [6.45, 7) is 2.18. The molecule has 0 unspecified atom stereocenters. The highest BCUT2D eigenvalue weighted by Crippen LogP contribution is 2.18. The minimum Gasteiger partial charge on any atom is -0.225 e. The van der Waals surface area contributed by atoms with Crippen LogP contribution >= 0.6 is 0 Å². The van der Waals surface area contributed by atoms with E-state index in [2.05, 4.69) is 31.2 Å². The molecule has 21 heavy (non-hydrogen) atoms. The van der Waals surface area contributed by atoms with Gasteiger partial charge in [-0.25, -0.2) is 13.6 Å². The molecule has 3 nitrogen and oxygen atoms in total. The summed E-state index contributed by atoms with van der Waals surface area (Å²) in [5, 5.41) is 5.26. The molecule has 0 heterocycles. The number of nitrogens with two attached hydrogens (primary N) is 1. The maximum atomic E-state index is 11.6. The quantitative estimate of drug-likeness (QED) is 0.890. The Bertz CT molecular complexity index is 691. The first kappa shape index (κ1) is 15.7. The van der Waals surface area contributed by atoms with Crippen molar-refractivity contribution in [3.63, 3.8) is 0 Å². The molecule has 0 saturated carbocycles. The largest absolute Gasteiger partial charge is 0.238 e. The number of hydrogen-bond donors (Lipinski definition) is 1. The number of hydrogen-bond acceptors (Lipinski definition) is 2. The van der Waals surface area contributed by atoms with Crippen molar-refractivity contribution >= 4 is 10.0 Å². The number of benzene rings is 2. The van der Waals surface area contributed by atoms with Gasteiger partial charge in [-0.1, -0.05) is 55.8 Å². The second kappa shape index (κ2) is 6.87. The first-order chi connectivity index (χ1) is 10.0. The average Bonchev–Trinajstić information content (AvgIpc) is 2.46. The number of sulfonamides is 1. The number of rotatable bonds is 6. The van der Waals surface area contributed by atoms with Crippen LogP contribution in [0.2, 0.25) is 0 Å². The van der Waals surface area contributed by atoms with E-state index >= 15 is 0 Å². The van der Waals surface area contributed by atoms with Crippen molar-refractivity contribution in [1.82, 2.24) is 0 Å². The summed E-state index contributed by atoms with van der Waals surface area (Å²) in [6, 6.07) is 15.2. The Hall–Kier alpha value is -1.65. The Morgan fingerprint density at radius 2 is 1.57 bits per heavy atom. The molecular formula is C17H21NO2S. The molecule has 2 aromatic carbocycles. The lowest BCUT2D eigenvalue weighted by molar-refractivity contribution is 0.597. The summed E-state index contributed by atoms with van der Waals surface area (Å²) >= 11 is 0. The van der Waals surface area contributed by atoms with Gasteiger partial charge in [-0.2, -0.15) is 0 Å². The Morgan fingerprint density at radius 1 is 0.952 bits per heavy atom. The topological polar surface area (TPSA) is 60.2 Å². The lowest BCUT2D eigenvalue weighted by atomic mass is 10.0. The second-order valence-corrected chi connectivity index (χ2v) is 6.78. The van der Waals surface area contributed by atoms with Crippen LogP contribution in [0.15, 0.2) is 53.4 Å². The van der Waals surface area contributed by atoms with Crippen LogP contribution in [0.3, 0.4) is 0 Å². The van der Waals surface area contributed by atoms with Gasteiger partial charge in [0, 0.05) is 0 Å². The molecule has 0 fully saturated rings. The fourth-order valence-electron chi connectivity index (χ4n) is 2.35. The summed E-state index contributed by atoms with van der Waals surface area (Å²) in [7, 11) is -3.67. The van der Waals surface area contributed by atoms with E-state index in [9.17, 15) is 8.42 Å². The lowest BCUT2D eigenvalue weighted by Gasteiger charge is -2.08. The SMILES string of the molecule is CCCCc1ccc(Cc2ccccc2S(N)(=O)=O)cc1. The van der Waals surface area contributed by atoms with Gasteiger partial charge in [-0.05, 0) is 42.0 Å². The molecule has 112 valence electrons. The Morgan fingerprint density at radius 3 is 2.19 bits per heavy atom. The second-order valence-electron chi connectivity index (χ2n) is 5.25. The highest BCUT2D eigenvalue weighted by atomic mass is 32.2. The zero-order valence-electron chi connectivity index (χ0n) is 12.2. The fourth-order valence-corrected chi connectivity index (χ4v) is 3.13. The van der Waals surface area contributed by atoms with Crippen molar-refractivity contribution in [1.29, 1.82) is 0 Å². The van der Waals surface area contributed by atoms with Gasteiger partial charge in [0.2, 0.25) is 10.0 Å². The van der Waals surface area contributed by atoms with Crippen molar-refractivity contribution in [2.45, 2.75) is 37.5 Å². The van der Waals surface area contributed by atoms with Gasteiger partial charge in [0.1, 0.15) is 0 Å². The third-order valence-electron chi connectivity index (χ3n) is 3.52. The molecule has 0 aliphatic rings. The number of aryl methyl sites for hydroxylation is 1. The third-order valence-corrected chi connectivity index (χ3v) is 4.53. The average molecular weight is 303 g/mol. The first-order valence-electron chi connectivity index (χ1n) is 7.19. The van der Waals surface area contributed by atoms with Crippen molar-refractivity contribution in [2.75, 3.05) is 0 Å². The molecule has 4 heteroatoms. The third kappa shape index (κ3) is 4.41. The summed E-state index contributed by atoms with van der Waals surface area (Å²) in [6.07, 6.45) is 4.03. The molecule has 0 aliphatic carbocycles. The van der Waals surface area contributed by atoms with Crippen LogP contribution in [-0.4, -0.2) is 8.42 Å². The van der Waals surface area contributed by atoms with Gasteiger partial charge in [0.25, 0.3) is 0 Å².